The maximum atomic E-state index is 5.31. The molecule has 2 fully saturated rings. The molecule has 6 heteroatoms. The van der Waals surface area contributed by atoms with E-state index in [1.54, 1.807) is 26.6 Å². The normalized spacial score (nSPS) is 21.6. The zero-order chi connectivity index (χ0) is 21.8. The molecule has 2 heterocycles. The molecule has 1 saturated carbocycles. The van der Waals surface area contributed by atoms with Crippen molar-refractivity contribution in [1.29, 1.82) is 0 Å². The lowest BCUT2D eigenvalue weighted by Crippen LogP contribution is -2.35. The van der Waals surface area contributed by atoms with Gasteiger partial charge >= 0.3 is 0 Å². The van der Waals surface area contributed by atoms with Gasteiger partial charge in [0.1, 0.15) is 0 Å². The van der Waals surface area contributed by atoms with Gasteiger partial charge in [0, 0.05) is 44.2 Å². The maximum Gasteiger partial charge on any atom is 0.160 e. The summed E-state index contributed by atoms with van der Waals surface area (Å²) in [4.78, 5) is 10.7. The molecule has 2 N–H and O–H groups in total. The van der Waals surface area contributed by atoms with E-state index >= 15 is 0 Å². The fourth-order valence-corrected chi connectivity index (χ4v) is 3.95. The Bertz CT molecular complexity index is 744. The van der Waals surface area contributed by atoms with Crippen LogP contribution < -0.4 is 15.2 Å². The Hall–Kier alpha value is -2.44. The van der Waals surface area contributed by atoms with Gasteiger partial charge in [-0.15, -0.1) is 0 Å². The van der Waals surface area contributed by atoms with E-state index < -0.39 is 0 Å². The molecule has 1 aliphatic carbocycles. The average molecular weight is 413 g/mol. The summed E-state index contributed by atoms with van der Waals surface area (Å²) in [6.07, 6.45) is 8.78. The Kier molecular flexibility index (Phi) is 10.3. The Morgan fingerprint density at radius 2 is 1.80 bits per heavy atom. The molecule has 2 aliphatic rings. The topological polar surface area (TPSA) is 73.0 Å². The lowest BCUT2D eigenvalue weighted by Gasteiger charge is -2.30. The van der Waals surface area contributed by atoms with E-state index in [1.165, 1.54) is 37.9 Å². The van der Waals surface area contributed by atoms with E-state index in [-0.39, 0.29) is 0 Å². The third-order valence-corrected chi connectivity index (χ3v) is 5.78. The molecule has 30 heavy (non-hydrogen) atoms. The van der Waals surface area contributed by atoms with Crippen molar-refractivity contribution in [1.82, 2.24) is 9.88 Å². The number of para-hydroxylation sites is 2. The molecular formula is C24H36N4O2. The SMILES string of the molecule is CN=C1CCC2CCN(C)C2C1.COc1ccccc1OC.NCc1cccnc1. The van der Waals surface area contributed by atoms with Crippen LogP contribution >= 0.6 is 0 Å². The zero-order valence-corrected chi connectivity index (χ0v) is 18.8. The van der Waals surface area contributed by atoms with E-state index in [1.807, 2.05) is 43.4 Å². The number of hydrogen-bond acceptors (Lipinski definition) is 6. The first-order valence-electron chi connectivity index (χ1n) is 10.5. The van der Waals surface area contributed by atoms with Crippen LogP contribution in [0.25, 0.3) is 0 Å². The summed E-state index contributed by atoms with van der Waals surface area (Å²) in [7, 11) is 7.43. The van der Waals surface area contributed by atoms with Gasteiger partial charge in [0.15, 0.2) is 11.5 Å². The molecule has 2 aromatic rings. The second kappa shape index (κ2) is 13.0. The van der Waals surface area contributed by atoms with Crippen LogP contribution in [0.15, 0.2) is 53.8 Å². The van der Waals surface area contributed by atoms with Gasteiger partial charge in [-0.2, -0.15) is 0 Å². The lowest BCUT2D eigenvalue weighted by atomic mass is 9.84. The highest BCUT2D eigenvalue weighted by Crippen LogP contribution is 2.33. The molecule has 1 saturated heterocycles. The van der Waals surface area contributed by atoms with E-state index in [9.17, 15) is 0 Å². The second-order valence-corrected chi connectivity index (χ2v) is 7.55. The van der Waals surface area contributed by atoms with Crippen molar-refractivity contribution in [2.75, 3.05) is 34.9 Å². The molecule has 0 bridgehead atoms. The first kappa shape index (κ1) is 23.8. The first-order valence-corrected chi connectivity index (χ1v) is 10.5. The molecule has 2 unspecified atom stereocenters. The smallest absolute Gasteiger partial charge is 0.160 e. The Morgan fingerprint density at radius 1 is 1.10 bits per heavy atom. The molecule has 1 aromatic carbocycles. The van der Waals surface area contributed by atoms with Crippen molar-refractivity contribution >= 4 is 5.71 Å². The summed E-state index contributed by atoms with van der Waals surface area (Å²) in [5.41, 5.74) is 7.82. The minimum absolute atomic E-state index is 0.577. The van der Waals surface area contributed by atoms with Gasteiger partial charge in [-0.05, 0) is 62.5 Å². The number of likely N-dealkylation sites (tertiary alicyclic amines) is 1. The van der Waals surface area contributed by atoms with Gasteiger partial charge in [0.05, 0.1) is 14.2 Å². The summed E-state index contributed by atoms with van der Waals surface area (Å²) in [5, 5.41) is 0. The van der Waals surface area contributed by atoms with Crippen LogP contribution in [-0.4, -0.2) is 56.5 Å². The zero-order valence-electron chi connectivity index (χ0n) is 18.8. The Labute approximate surface area is 181 Å². The van der Waals surface area contributed by atoms with E-state index in [4.69, 9.17) is 15.2 Å². The van der Waals surface area contributed by atoms with E-state index in [2.05, 4.69) is 21.9 Å². The Morgan fingerprint density at radius 3 is 2.30 bits per heavy atom. The van der Waals surface area contributed by atoms with Gasteiger partial charge < -0.3 is 20.1 Å². The highest BCUT2D eigenvalue weighted by atomic mass is 16.5. The van der Waals surface area contributed by atoms with Gasteiger partial charge in [-0.3, -0.25) is 9.98 Å². The summed E-state index contributed by atoms with van der Waals surface area (Å²) >= 11 is 0. The average Bonchev–Trinajstić information content (AvgIpc) is 3.20. The number of benzene rings is 1. The van der Waals surface area contributed by atoms with E-state index in [0.717, 1.165) is 29.0 Å². The number of ether oxygens (including phenoxy) is 2. The number of nitrogens with zero attached hydrogens (tertiary/aromatic N) is 3. The summed E-state index contributed by atoms with van der Waals surface area (Å²) in [6.45, 7) is 1.88. The fraction of sp³-hybridized carbons (Fsp3) is 0.500. The van der Waals surface area contributed by atoms with Crippen molar-refractivity contribution in [3.05, 3.63) is 54.4 Å². The van der Waals surface area contributed by atoms with Crippen molar-refractivity contribution in [3.63, 3.8) is 0 Å². The number of rotatable bonds is 3. The van der Waals surface area contributed by atoms with Gasteiger partial charge in [0.25, 0.3) is 0 Å². The quantitative estimate of drug-likeness (QED) is 0.830. The number of aromatic nitrogens is 1. The molecular weight excluding hydrogens is 376 g/mol. The molecule has 1 aromatic heterocycles. The number of fused-ring (bicyclic) bond motifs is 1. The monoisotopic (exact) mass is 412 g/mol. The van der Waals surface area contributed by atoms with Crippen molar-refractivity contribution in [3.8, 4) is 11.5 Å². The fourth-order valence-electron chi connectivity index (χ4n) is 3.95. The van der Waals surface area contributed by atoms with Gasteiger partial charge in [-0.25, -0.2) is 0 Å². The minimum atomic E-state index is 0.577. The predicted octanol–water partition coefficient (Wildman–Crippen LogP) is 3.81. The van der Waals surface area contributed by atoms with Crippen LogP contribution in [0.1, 0.15) is 31.2 Å². The van der Waals surface area contributed by atoms with Crippen molar-refractivity contribution in [2.24, 2.45) is 16.6 Å². The number of nitrogens with two attached hydrogens (primary N) is 1. The van der Waals surface area contributed by atoms with Crippen LogP contribution in [0.2, 0.25) is 0 Å². The lowest BCUT2D eigenvalue weighted by molar-refractivity contribution is 0.261. The van der Waals surface area contributed by atoms with Gasteiger partial charge in [0.2, 0.25) is 0 Å². The molecule has 0 radical (unpaired) electrons. The van der Waals surface area contributed by atoms with Gasteiger partial charge in [-0.1, -0.05) is 18.2 Å². The maximum absolute atomic E-state index is 5.31. The number of hydrogen-bond donors (Lipinski definition) is 1. The largest absolute Gasteiger partial charge is 0.493 e. The summed E-state index contributed by atoms with van der Waals surface area (Å²) in [5.74, 6) is 2.51. The molecule has 164 valence electrons. The molecule has 2 atom stereocenters. The molecule has 1 aliphatic heterocycles. The van der Waals surface area contributed by atoms with Crippen molar-refractivity contribution < 1.29 is 9.47 Å². The number of aliphatic imine (C=N–C) groups is 1. The predicted molar refractivity (Wildman–Crippen MR) is 123 cm³/mol. The number of methoxy groups -OCH3 is 2. The van der Waals surface area contributed by atoms with E-state index in [0.29, 0.717) is 6.54 Å². The third-order valence-electron chi connectivity index (χ3n) is 5.78. The standard InChI is InChI=1S/C10H18N2.C8H10O2.C6H8N2/c1-11-9-4-3-8-5-6-12(2)10(8)7-9;1-9-7-5-3-4-6-8(7)10-2;7-4-6-2-1-3-8-5-6/h8,10H,3-7H2,1-2H3;3-6H,1-2H3;1-3,5H,4,7H2. The highest BCUT2D eigenvalue weighted by Gasteiger charge is 2.35. The van der Waals surface area contributed by atoms with Crippen LogP contribution in [0.5, 0.6) is 11.5 Å². The second-order valence-electron chi connectivity index (χ2n) is 7.55. The molecule has 0 spiro atoms. The summed E-state index contributed by atoms with van der Waals surface area (Å²) < 4.78 is 10.0. The van der Waals surface area contributed by atoms with Crippen LogP contribution in [-0.2, 0) is 6.54 Å². The third kappa shape index (κ3) is 7.11. The van der Waals surface area contributed by atoms with Crippen LogP contribution in [0.4, 0.5) is 0 Å². The molecule has 4 rings (SSSR count). The molecule has 0 amide bonds. The first-order chi connectivity index (χ1) is 14.6. The van der Waals surface area contributed by atoms with Crippen LogP contribution in [0.3, 0.4) is 0 Å². The number of pyridine rings is 1. The highest BCUT2D eigenvalue weighted by molar-refractivity contribution is 5.85. The summed E-state index contributed by atoms with van der Waals surface area (Å²) in [6, 6.07) is 12.2. The van der Waals surface area contributed by atoms with Crippen LogP contribution in [0, 0.1) is 5.92 Å². The minimum Gasteiger partial charge on any atom is -0.493 e. The Balaban J connectivity index is 0.000000164. The van der Waals surface area contributed by atoms with Crippen molar-refractivity contribution in [2.45, 2.75) is 38.3 Å². The molecule has 6 nitrogen and oxygen atoms in total.